The number of esters is 1. The highest BCUT2D eigenvalue weighted by Gasteiger charge is 2.40. The summed E-state index contributed by atoms with van der Waals surface area (Å²) in [4.78, 5) is 17.3. The molecular weight excluding hydrogens is 495 g/mol. The minimum atomic E-state index is -0.518. The van der Waals surface area contributed by atoms with Gasteiger partial charge in [0.2, 0.25) is 0 Å². The molecule has 1 aromatic heterocycles. The summed E-state index contributed by atoms with van der Waals surface area (Å²) in [5.41, 5.74) is 1.98. The lowest BCUT2D eigenvalue weighted by Crippen LogP contribution is -2.48. The van der Waals surface area contributed by atoms with E-state index in [-0.39, 0.29) is 22.8 Å². The van der Waals surface area contributed by atoms with Crippen molar-refractivity contribution in [1.82, 2.24) is 10.3 Å². The maximum absolute atomic E-state index is 12.5. The number of pyridine rings is 1. The molecule has 27 heavy (non-hydrogen) atoms. The van der Waals surface area contributed by atoms with Gasteiger partial charge in [0.15, 0.2) is 0 Å². The van der Waals surface area contributed by atoms with Crippen molar-refractivity contribution in [2.75, 3.05) is 7.11 Å². The van der Waals surface area contributed by atoms with Gasteiger partial charge in [0, 0.05) is 27.8 Å². The summed E-state index contributed by atoms with van der Waals surface area (Å²) in [6.45, 7) is 0. The van der Waals surface area contributed by atoms with Crippen LogP contribution in [-0.4, -0.2) is 33.8 Å². The number of carbonyl (C=O) groups is 1. The molecule has 5 atom stereocenters. The van der Waals surface area contributed by atoms with Crippen molar-refractivity contribution in [3.8, 4) is 0 Å². The first-order valence-corrected chi connectivity index (χ1v) is 11.0. The van der Waals surface area contributed by atoms with Gasteiger partial charge in [-0.25, -0.2) is 9.78 Å². The average Bonchev–Trinajstić information content (AvgIpc) is 2.70. The fourth-order valence-corrected chi connectivity index (χ4v) is 5.23. The van der Waals surface area contributed by atoms with Crippen molar-refractivity contribution in [1.29, 1.82) is 0 Å². The van der Waals surface area contributed by atoms with Crippen LogP contribution in [0, 0.1) is 0 Å². The van der Waals surface area contributed by atoms with E-state index in [2.05, 4.69) is 42.2 Å². The molecule has 1 aliphatic carbocycles. The molecule has 1 N–H and O–H groups in total. The molecule has 1 saturated carbocycles. The molecule has 0 saturated heterocycles. The molecule has 7 heteroatoms. The van der Waals surface area contributed by atoms with E-state index in [1.807, 2.05) is 42.6 Å². The quantitative estimate of drug-likeness (QED) is 0.345. The second kappa shape index (κ2) is 9.50. The topological polar surface area (TPSA) is 51.2 Å². The molecular formula is C20H21Br2ClN2O2. The zero-order valence-corrected chi connectivity index (χ0v) is 18.7. The molecule has 0 unspecified atom stereocenters. The van der Waals surface area contributed by atoms with Crippen LogP contribution in [0.1, 0.15) is 35.9 Å². The third-order valence-corrected chi connectivity index (χ3v) is 8.13. The highest BCUT2D eigenvalue weighted by atomic mass is 79.9. The number of rotatable bonds is 5. The standard InChI is InChI=1S/C20H21Br2ClN2O2/c1-27-20(26)19(12-5-3-2-4-6-12)25-15-9-8-14(21)18(22)17(15)13-7-10-16(23)24-11-13/h2-7,10-11,14-15,17-19,25H,8-9H2,1H3/t14-,15+,17-,18+,19-/m0/s1. The summed E-state index contributed by atoms with van der Waals surface area (Å²) < 4.78 is 5.06. The van der Waals surface area contributed by atoms with E-state index in [0.29, 0.717) is 9.98 Å². The van der Waals surface area contributed by atoms with Gasteiger partial charge in [0.05, 0.1) is 7.11 Å². The number of alkyl halides is 2. The molecule has 0 bridgehead atoms. The van der Waals surface area contributed by atoms with Crippen LogP contribution in [0.4, 0.5) is 0 Å². The molecule has 2 aromatic rings. The number of benzene rings is 1. The SMILES string of the molecule is COC(=O)[C@@H](N[C@@H]1CC[C@H](Br)[C@@H](Br)[C@H]1c1ccc(Cl)nc1)c1ccccc1. The van der Waals surface area contributed by atoms with E-state index in [9.17, 15) is 4.79 Å². The van der Waals surface area contributed by atoms with Crippen molar-refractivity contribution in [2.24, 2.45) is 0 Å². The highest BCUT2D eigenvalue weighted by molar-refractivity contribution is 9.12. The zero-order valence-electron chi connectivity index (χ0n) is 14.8. The van der Waals surface area contributed by atoms with E-state index in [0.717, 1.165) is 24.0 Å². The molecule has 0 amide bonds. The van der Waals surface area contributed by atoms with Crippen LogP contribution in [0.15, 0.2) is 48.7 Å². The number of ether oxygens (including phenoxy) is 1. The molecule has 0 aliphatic heterocycles. The number of halogens is 3. The largest absolute Gasteiger partial charge is 0.468 e. The Kier molecular flexibility index (Phi) is 7.31. The van der Waals surface area contributed by atoms with E-state index in [4.69, 9.17) is 16.3 Å². The first kappa shape index (κ1) is 20.8. The van der Waals surface area contributed by atoms with Crippen LogP contribution in [0.5, 0.6) is 0 Å². The minimum Gasteiger partial charge on any atom is -0.468 e. The third kappa shape index (κ3) is 4.91. The van der Waals surface area contributed by atoms with Crippen molar-refractivity contribution >= 4 is 49.4 Å². The summed E-state index contributed by atoms with van der Waals surface area (Å²) in [5.74, 6) is -0.162. The third-order valence-electron chi connectivity index (χ3n) is 4.96. The minimum absolute atomic E-state index is 0.0791. The van der Waals surface area contributed by atoms with Gasteiger partial charge in [-0.15, -0.1) is 0 Å². The predicted octanol–water partition coefficient (Wildman–Crippen LogP) is 5.01. The molecule has 1 aliphatic rings. The van der Waals surface area contributed by atoms with Gasteiger partial charge < -0.3 is 4.74 Å². The van der Waals surface area contributed by atoms with Crippen LogP contribution in [0.3, 0.4) is 0 Å². The fraction of sp³-hybridized carbons (Fsp3) is 0.400. The van der Waals surface area contributed by atoms with Gasteiger partial charge in [-0.2, -0.15) is 0 Å². The number of hydrogen-bond donors (Lipinski definition) is 1. The number of nitrogens with one attached hydrogen (secondary N) is 1. The van der Waals surface area contributed by atoms with Crippen LogP contribution in [0.2, 0.25) is 5.15 Å². The Morgan fingerprint density at radius 2 is 1.96 bits per heavy atom. The zero-order chi connectivity index (χ0) is 19.4. The first-order chi connectivity index (χ1) is 13.0. The highest BCUT2D eigenvalue weighted by Crippen LogP contribution is 2.41. The van der Waals surface area contributed by atoms with Crippen LogP contribution in [0.25, 0.3) is 0 Å². The van der Waals surface area contributed by atoms with Crippen molar-refractivity contribution < 1.29 is 9.53 Å². The van der Waals surface area contributed by atoms with E-state index >= 15 is 0 Å². The maximum atomic E-state index is 12.5. The average molecular weight is 517 g/mol. The lowest BCUT2D eigenvalue weighted by atomic mass is 9.79. The lowest BCUT2D eigenvalue weighted by molar-refractivity contribution is -0.143. The van der Waals surface area contributed by atoms with Gasteiger partial charge in [-0.1, -0.05) is 79.9 Å². The smallest absolute Gasteiger partial charge is 0.327 e. The van der Waals surface area contributed by atoms with Gasteiger partial charge in [0.25, 0.3) is 0 Å². The Hall–Kier alpha value is -0.950. The van der Waals surface area contributed by atoms with Gasteiger partial charge >= 0.3 is 5.97 Å². The lowest BCUT2D eigenvalue weighted by Gasteiger charge is -2.40. The molecule has 1 aromatic carbocycles. The van der Waals surface area contributed by atoms with E-state index in [1.54, 1.807) is 6.07 Å². The number of carbonyl (C=O) groups excluding carboxylic acids is 1. The van der Waals surface area contributed by atoms with Crippen LogP contribution >= 0.6 is 43.5 Å². The Morgan fingerprint density at radius 1 is 1.22 bits per heavy atom. The van der Waals surface area contributed by atoms with Gasteiger partial charge in [-0.3, -0.25) is 5.32 Å². The Balaban J connectivity index is 1.91. The maximum Gasteiger partial charge on any atom is 0.327 e. The van der Waals surface area contributed by atoms with Crippen molar-refractivity contribution in [2.45, 2.75) is 40.5 Å². The molecule has 4 nitrogen and oxygen atoms in total. The summed E-state index contributed by atoms with van der Waals surface area (Å²) in [6, 6.07) is 13.0. The first-order valence-electron chi connectivity index (χ1n) is 8.79. The number of hydrogen-bond acceptors (Lipinski definition) is 4. The van der Waals surface area contributed by atoms with Crippen molar-refractivity contribution in [3.63, 3.8) is 0 Å². The second-order valence-corrected chi connectivity index (χ2v) is 9.24. The Morgan fingerprint density at radius 3 is 2.59 bits per heavy atom. The molecule has 1 fully saturated rings. The van der Waals surface area contributed by atoms with Crippen LogP contribution in [-0.2, 0) is 9.53 Å². The molecule has 0 spiro atoms. The summed E-state index contributed by atoms with van der Waals surface area (Å²) in [6.07, 6.45) is 3.73. The fourth-order valence-electron chi connectivity index (χ4n) is 3.59. The summed E-state index contributed by atoms with van der Waals surface area (Å²) >= 11 is 13.6. The Labute approximate surface area is 181 Å². The summed E-state index contributed by atoms with van der Waals surface area (Å²) in [5, 5.41) is 4.02. The molecule has 144 valence electrons. The normalized spacial score (nSPS) is 26.4. The Bertz CT molecular complexity index is 760. The molecule has 3 rings (SSSR count). The monoisotopic (exact) mass is 514 g/mol. The number of nitrogens with zero attached hydrogens (tertiary/aromatic N) is 1. The number of methoxy groups -OCH3 is 1. The molecule has 1 heterocycles. The van der Waals surface area contributed by atoms with Crippen LogP contribution < -0.4 is 5.32 Å². The van der Waals surface area contributed by atoms with Crippen molar-refractivity contribution in [3.05, 3.63) is 64.9 Å². The van der Waals surface area contributed by atoms with Gasteiger partial charge in [0.1, 0.15) is 11.2 Å². The van der Waals surface area contributed by atoms with E-state index in [1.165, 1.54) is 7.11 Å². The molecule has 0 radical (unpaired) electrons. The number of aromatic nitrogens is 1. The predicted molar refractivity (Wildman–Crippen MR) is 115 cm³/mol. The second-order valence-electron chi connectivity index (χ2n) is 6.62. The summed E-state index contributed by atoms with van der Waals surface area (Å²) in [7, 11) is 1.42. The van der Waals surface area contributed by atoms with E-state index < -0.39 is 6.04 Å². The van der Waals surface area contributed by atoms with Gasteiger partial charge in [-0.05, 0) is 30.0 Å².